The van der Waals surface area contributed by atoms with Crippen molar-refractivity contribution in [1.29, 1.82) is 0 Å². The van der Waals surface area contributed by atoms with Gasteiger partial charge in [-0.25, -0.2) is 4.99 Å². The average Bonchev–Trinajstić information content (AvgIpc) is 1.41. The molecule has 0 saturated carbocycles. The Kier molecular flexibility index (Phi) is 38.6. The molecule has 0 N–H and O–H groups in total. The fourth-order valence-electron chi connectivity index (χ4n) is 0.0645. The molecule has 0 aromatic rings. The topological polar surface area (TPSA) is 12.4 Å². The van der Waals surface area contributed by atoms with Crippen molar-refractivity contribution in [3.63, 3.8) is 0 Å². The fourth-order valence-corrected chi connectivity index (χ4v) is 0.194. The van der Waals surface area contributed by atoms with E-state index in [1.165, 1.54) is 0 Å². The Morgan fingerprint density at radius 1 is 1.57 bits per heavy atom. The predicted molar refractivity (Wildman–Crippen MR) is 39.0 cm³/mol. The fraction of sp³-hybridized carbons (Fsp3) is 0.800. The summed E-state index contributed by atoms with van der Waals surface area (Å²) < 4.78 is 0. The Balaban J connectivity index is -0.0000000800. The van der Waals surface area contributed by atoms with Crippen molar-refractivity contribution in [1.82, 2.24) is 0 Å². The van der Waals surface area contributed by atoms with Crippen LogP contribution in [0.15, 0.2) is 4.99 Å². The van der Waals surface area contributed by atoms with Gasteiger partial charge in [-0.1, -0.05) is 14.9 Å². The van der Waals surface area contributed by atoms with Crippen molar-refractivity contribution in [2.24, 2.45) is 4.99 Å². The van der Waals surface area contributed by atoms with Gasteiger partial charge in [-0.2, -0.15) is 0 Å². The van der Waals surface area contributed by atoms with Gasteiger partial charge < -0.3 is 0 Å². The van der Waals surface area contributed by atoms with Gasteiger partial charge in [-0.3, -0.25) is 0 Å². The van der Waals surface area contributed by atoms with Gasteiger partial charge in [-0.05, 0) is 19.1 Å². The van der Waals surface area contributed by atoms with Gasteiger partial charge in [0.25, 0.3) is 0 Å². The molecular weight excluding hydrogens is 106 g/mol. The smallest absolute Gasteiger partial charge is 0.0584 e. The molecule has 0 unspecified atom stereocenters. The molecule has 0 atom stereocenters. The van der Waals surface area contributed by atoms with Crippen molar-refractivity contribution in [2.75, 3.05) is 6.54 Å². The van der Waals surface area contributed by atoms with E-state index in [0.717, 1.165) is 6.54 Å². The lowest BCUT2D eigenvalue weighted by Gasteiger charge is -1.60. The molecule has 0 heterocycles. The molecule has 0 rings (SSSR count). The van der Waals surface area contributed by atoms with E-state index in [2.05, 4.69) is 22.4 Å². The van der Waals surface area contributed by atoms with Crippen LogP contribution in [0.3, 0.4) is 0 Å². The number of hydrogen-bond acceptors (Lipinski definition) is 2. The molecule has 0 aliphatic heterocycles. The molecular formula is C5H13NS. The van der Waals surface area contributed by atoms with E-state index >= 15 is 0 Å². The van der Waals surface area contributed by atoms with Gasteiger partial charge in [-0.15, -0.1) is 0 Å². The molecule has 2 heteroatoms. The van der Waals surface area contributed by atoms with Crippen molar-refractivity contribution in [3.8, 4) is 0 Å². The first-order chi connectivity index (χ1) is 2.41. The van der Waals surface area contributed by atoms with Crippen molar-refractivity contribution in [3.05, 3.63) is 0 Å². The predicted octanol–water partition coefficient (Wildman–Crippen LogP) is 2.38. The van der Waals surface area contributed by atoms with Crippen LogP contribution in [0.5, 0.6) is 0 Å². The maximum atomic E-state index is 4.23. The molecule has 7 heavy (non-hydrogen) atoms. The summed E-state index contributed by atoms with van der Waals surface area (Å²) in [7, 11) is 0. The third-order valence-corrected chi connectivity index (χ3v) is 0.352. The molecule has 0 aliphatic carbocycles. The van der Waals surface area contributed by atoms with Gasteiger partial charge in [0.1, 0.15) is 0 Å². The first-order valence-electron chi connectivity index (χ1n) is 1.45. The molecule has 0 fully saturated rings. The Bertz CT molecular complexity index is 55.1. The highest BCUT2D eigenvalue weighted by atomic mass is 32.1. The summed E-state index contributed by atoms with van der Waals surface area (Å²) in [6.07, 6.45) is 0. The largest absolute Gasteiger partial charge is 0.233 e. The Morgan fingerprint density at radius 2 is 2.00 bits per heavy atom. The summed E-state index contributed by atoms with van der Waals surface area (Å²) in [6, 6.07) is 0. The molecule has 0 saturated heterocycles. The van der Waals surface area contributed by atoms with Crippen molar-refractivity contribution >= 4 is 17.4 Å². The maximum Gasteiger partial charge on any atom is 0.0584 e. The second-order valence-electron chi connectivity index (χ2n) is 0.566. The van der Waals surface area contributed by atoms with E-state index < -0.39 is 0 Å². The minimum atomic E-state index is 0. The third-order valence-electron chi connectivity index (χ3n) is 0.223. The molecule has 0 aliphatic rings. The highest BCUT2D eigenvalue weighted by Crippen LogP contribution is 1.55. The normalized spacial score (nSPS) is 4.14. The van der Waals surface area contributed by atoms with E-state index in [9.17, 15) is 0 Å². The number of isothiocyanates is 1. The molecule has 0 bridgehead atoms. The Hall–Kier alpha value is -0.200. The SMILES string of the molecule is C.C.CCN=C=S. The minimum Gasteiger partial charge on any atom is -0.233 e. The molecule has 0 spiro atoms. The van der Waals surface area contributed by atoms with E-state index in [4.69, 9.17) is 0 Å². The number of aliphatic imine (C=N–C) groups is 1. The lowest BCUT2D eigenvalue weighted by molar-refractivity contribution is 1.15. The third kappa shape index (κ3) is 25.8. The first kappa shape index (κ1) is 15.8. The lowest BCUT2D eigenvalue weighted by Crippen LogP contribution is -1.57. The summed E-state index contributed by atoms with van der Waals surface area (Å²) in [6.45, 7) is 2.67. The van der Waals surface area contributed by atoms with Crippen LogP contribution < -0.4 is 0 Å². The summed E-state index contributed by atoms with van der Waals surface area (Å²) in [4.78, 5) is 3.54. The van der Waals surface area contributed by atoms with Crippen LogP contribution >= 0.6 is 12.2 Å². The summed E-state index contributed by atoms with van der Waals surface area (Å²) >= 11 is 4.23. The van der Waals surface area contributed by atoms with Gasteiger partial charge in [0.05, 0.1) is 5.16 Å². The van der Waals surface area contributed by atoms with Gasteiger partial charge in [0.2, 0.25) is 0 Å². The van der Waals surface area contributed by atoms with Crippen LogP contribution in [0.1, 0.15) is 21.8 Å². The van der Waals surface area contributed by atoms with Gasteiger partial charge in [0.15, 0.2) is 0 Å². The number of rotatable bonds is 1. The highest BCUT2D eigenvalue weighted by molar-refractivity contribution is 7.78. The zero-order valence-corrected chi connectivity index (χ0v) is 3.88. The Morgan fingerprint density at radius 3 is 2.00 bits per heavy atom. The van der Waals surface area contributed by atoms with Crippen molar-refractivity contribution < 1.29 is 0 Å². The van der Waals surface area contributed by atoms with Crippen LogP contribution in [-0.4, -0.2) is 11.7 Å². The second kappa shape index (κ2) is 17.0. The summed E-state index contributed by atoms with van der Waals surface area (Å²) in [5.74, 6) is 0. The first-order valence-corrected chi connectivity index (χ1v) is 1.86. The van der Waals surface area contributed by atoms with E-state index in [1.807, 2.05) is 6.92 Å². The molecule has 0 aromatic heterocycles. The number of nitrogens with zero attached hydrogens (tertiary/aromatic N) is 1. The maximum absolute atomic E-state index is 4.23. The van der Waals surface area contributed by atoms with Crippen LogP contribution in [0.25, 0.3) is 0 Å². The van der Waals surface area contributed by atoms with Crippen LogP contribution in [-0.2, 0) is 0 Å². The zero-order valence-electron chi connectivity index (χ0n) is 3.06. The van der Waals surface area contributed by atoms with Gasteiger partial charge >= 0.3 is 0 Å². The molecule has 0 radical (unpaired) electrons. The lowest BCUT2D eigenvalue weighted by atomic mass is 10.8. The number of hydrogen-bond donors (Lipinski definition) is 0. The number of thiocarbonyl (C=S) groups is 1. The van der Waals surface area contributed by atoms with Crippen LogP contribution in [0.2, 0.25) is 0 Å². The second-order valence-corrected chi connectivity index (χ2v) is 0.748. The van der Waals surface area contributed by atoms with Crippen LogP contribution in [0, 0.1) is 0 Å². The van der Waals surface area contributed by atoms with Crippen molar-refractivity contribution in [2.45, 2.75) is 21.8 Å². The zero-order chi connectivity index (χ0) is 4.12. The van der Waals surface area contributed by atoms with Gasteiger partial charge in [0, 0.05) is 6.54 Å². The van der Waals surface area contributed by atoms with Crippen LogP contribution in [0.4, 0.5) is 0 Å². The highest BCUT2D eigenvalue weighted by Gasteiger charge is 1.49. The Labute approximate surface area is 51.5 Å². The average molecular weight is 119 g/mol. The van der Waals surface area contributed by atoms with E-state index in [0.29, 0.717) is 0 Å². The molecule has 0 amide bonds. The summed E-state index contributed by atoms with van der Waals surface area (Å²) in [5.41, 5.74) is 0. The molecule has 0 aromatic carbocycles. The monoisotopic (exact) mass is 119 g/mol. The molecule has 1 nitrogen and oxygen atoms in total. The minimum absolute atomic E-state index is 0. The standard InChI is InChI=1S/C3H5NS.2CH4/c1-2-4-3-5;;/h2H2,1H3;2*1H4. The van der Waals surface area contributed by atoms with E-state index in [1.54, 1.807) is 0 Å². The summed E-state index contributed by atoms with van der Waals surface area (Å²) in [5, 5.41) is 2.23. The quantitative estimate of drug-likeness (QED) is 0.381. The molecule has 44 valence electrons. The van der Waals surface area contributed by atoms with E-state index in [-0.39, 0.29) is 14.9 Å².